The molecule has 0 radical (unpaired) electrons. The fourth-order valence-corrected chi connectivity index (χ4v) is 3.43. The normalized spacial score (nSPS) is 10.9. The van der Waals surface area contributed by atoms with Crippen LogP contribution in [-0.4, -0.2) is 27.3 Å². The second-order valence-corrected chi connectivity index (χ2v) is 7.24. The number of benzene rings is 2. The number of halogens is 2. The number of hydrogen-bond donors (Lipinski definition) is 1. The molecule has 8 heteroatoms. The molecule has 30 heavy (non-hydrogen) atoms. The fourth-order valence-electron chi connectivity index (χ4n) is 3.24. The Morgan fingerprint density at radius 2 is 1.97 bits per heavy atom. The van der Waals surface area contributed by atoms with Gasteiger partial charge in [0.2, 0.25) is 5.88 Å². The molecule has 0 spiro atoms. The van der Waals surface area contributed by atoms with Gasteiger partial charge in [-0.2, -0.15) is 10.1 Å². The number of aryl methyl sites for hydroxylation is 2. The minimum absolute atomic E-state index is 0.225. The Balaban J connectivity index is 1.59. The predicted octanol–water partition coefficient (Wildman–Crippen LogP) is 4.85. The first kappa shape index (κ1) is 19.8. The van der Waals surface area contributed by atoms with Gasteiger partial charge >= 0.3 is 0 Å². The van der Waals surface area contributed by atoms with E-state index in [1.165, 1.54) is 12.1 Å². The first-order chi connectivity index (χ1) is 14.4. The van der Waals surface area contributed by atoms with E-state index in [2.05, 4.69) is 15.4 Å². The smallest absolute Gasteiger partial charge is 0.262 e. The Kier molecular flexibility index (Phi) is 5.37. The van der Waals surface area contributed by atoms with E-state index in [0.29, 0.717) is 22.0 Å². The van der Waals surface area contributed by atoms with Crippen molar-refractivity contribution in [1.29, 1.82) is 0 Å². The highest BCUT2D eigenvalue weighted by atomic mass is 35.5. The van der Waals surface area contributed by atoms with Crippen molar-refractivity contribution >= 4 is 34.2 Å². The maximum atomic E-state index is 13.7. The number of nitrogens with one attached hydrogen (secondary N) is 1. The van der Waals surface area contributed by atoms with Crippen molar-refractivity contribution in [3.8, 4) is 11.6 Å². The maximum absolute atomic E-state index is 13.7. The fraction of sp³-hybridized carbons (Fsp3) is 0.136. The number of carbonyl (C=O) groups excluding carboxylic acids is 1. The van der Waals surface area contributed by atoms with Crippen LogP contribution in [0.15, 0.2) is 54.6 Å². The van der Waals surface area contributed by atoms with Crippen LogP contribution in [0.3, 0.4) is 0 Å². The minimum atomic E-state index is -0.365. The Bertz CT molecular complexity index is 1260. The van der Waals surface area contributed by atoms with Gasteiger partial charge in [-0.05, 0) is 55.8 Å². The topological polar surface area (TPSA) is 69.0 Å². The van der Waals surface area contributed by atoms with Crippen LogP contribution in [0, 0.1) is 19.7 Å². The van der Waals surface area contributed by atoms with E-state index in [1.54, 1.807) is 47.1 Å². The summed E-state index contributed by atoms with van der Waals surface area (Å²) in [6.45, 7) is 3.55. The molecule has 1 N–H and O–H groups in total. The van der Waals surface area contributed by atoms with Crippen LogP contribution in [0.5, 0.6) is 5.88 Å². The van der Waals surface area contributed by atoms with Gasteiger partial charge in [0, 0.05) is 22.2 Å². The van der Waals surface area contributed by atoms with Crippen LogP contribution in [0.25, 0.3) is 16.7 Å². The molecule has 2 heterocycles. The van der Waals surface area contributed by atoms with E-state index in [4.69, 9.17) is 16.3 Å². The van der Waals surface area contributed by atoms with E-state index < -0.39 is 0 Å². The Labute approximate surface area is 177 Å². The lowest BCUT2D eigenvalue weighted by atomic mass is 10.2. The van der Waals surface area contributed by atoms with Crippen LogP contribution < -0.4 is 10.1 Å². The second-order valence-electron chi connectivity index (χ2n) is 6.80. The average molecular weight is 425 g/mol. The first-order valence-electron chi connectivity index (χ1n) is 9.22. The number of nitrogens with zero attached hydrogens (tertiary/aromatic N) is 3. The van der Waals surface area contributed by atoms with Gasteiger partial charge in [-0.15, -0.1) is 0 Å². The molecule has 4 aromatic rings. The van der Waals surface area contributed by atoms with Gasteiger partial charge in [0.1, 0.15) is 5.82 Å². The third kappa shape index (κ3) is 4.11. The molecule has 152 valence electrons. The summed E-state index contributed by atoms with van der Waals surface area (Å²) in [6.07, 6.45) is 0. The Hall–Kier alpha value is -3.45. The van der Waals surface area contributed by atoms with Gasteiger partial charge in [-0.3, -0.25) is 4.79 Å². The van der Waals surface area contributed by atoms with Crippen LogP contribution in [0.1, 0.15) is 11.3 Å². The zero-order valence-electron chi connectivity index (χ0n) is 16.3. The third-order valence-electron chi connectivity index (χ3n) is 4.50. The highest BCUT2D eigenvalue weighted by Gasteiger charge is 2.16. The molecule has 2 aromatic carbocycles. The minimum Gasteiger partial charge on any atom is -0.467 e. The molecule has 0 aliphatic carbocycles. The van der Waals surface area contributed by atoms with Gasteiger partial charge < -0.3 is 10.1 Å². The molecule has 0 saturated heterocycles. The molecule has 0 fully saturated rings. The van der Waals surface area contributed by atoms with E-state index in [1.807, 2.05) is 13.8 Å². The SMILES string of the molecule is Cc1cc(OCC(=O)Nc2cccc(Cl)c2)nc2c1c(C)nn2-c1cccc(F)c1. The number of hydrogen-bond acceptors (Lipinski definition) is 4. The van der Waals surface area contributed by atoms with E-state index in [9.17, 15) is 9.18 Å². The van der Waals surface area contributed by atoms with Gasteiger partial charge in [0.15, 0.2) is 12.3 Å². The maximum Gasteiger partial charge on any atom is 0.262 e. The zero-order valence-corrected chi connectivity index (χ0v) is 17.1. The summed E-state index contributed by atoms with van der Waals surface area (Å²) >= 11 is 5.93. The zero-order chi connectivity index (χ0) is 21.3. The molecular weight excluding hydrogens is 407 g/mol. The first-order valence-corrected chi connectivity index (χ1v) is 9.59. The molecule has 1 amide bonds. The summed E-state index contributed by atoms with van der Waals surface area (Å²) in [5.41, 5.74) is 3.32. The quantitative estimate of drug-likeness (QED) is 0.497. The molecular formula is C22H18ClFN4O2. The molecule has 0 bridgehead atoms. The predicted molar refractivity (Wildman–Crippen MR) is 114 cm³/mol. The summed E-state index contributed by atoms with van der Waals surface area (Å²) in [6, 6.07) is 14.7. The molecule has 0 unspecified atom stereocenters. The van der Waals surface area contributed by atoms with Crippen LogP contribution >= 0.6 is 11.6 Å². The number of fused-ring (bicyclic) bond motifs is 1. The van der Waals surface area contributed by atoms with Crippen molar-refractivity contribution < 1.29 is 13.9 Å². The number of carbonyl (C=O) groups is 1. The summed E-state index contributed by atoms with van der Waals surface area (Å²) < 4.78 is 20.9. The Morgan fingerprint density at radius 3 is 2.73 bits per heavy atom. The van der Waals surface area contributed by atoms with E-state index in [-0.39, 0.29) is 24.2 Å². The third-order valence-corrected chi connectivity index (χ3v) is 4.73. The molecule has 0 saturated carbocycles. The van der Waals surface area contributed by atoms with Crippen LogP contribution in [0.2, 0.25) is 5.02 Å². The molecule has 0 atom stereocenters. The van der Waals surface area contributed by atoms with Gasteiger partial charge in [-0.1, -0.05) is 23.7 Å². The second kappa shape index (κ2) is 8.12. The largest absolute Gasteiger partial charge is 0.467 e. The average Bonchev–Trinajstić information content (AvgIpc) is 3.03. The number of aromatic nitrogens is 3. The molecule has 4 rings (SSSR count). The van der Waals surface area contributed by atoms with Crippen molar-refractivity contribution in [3.05, 3.63) is 76.7 Å². The summed E-state index contributed by atoms with van der Waals surface area (Å²) in [5.74, 6) is -0.430. The summed E-state index contributed by atoms with van der Waals surface area (Å²) in [5, 5.41) is 8.60. The molecule has 2 aromatic heterocycles. The Morgan fingerprint density at radius 1 is 1.17 bits per heavy atom. The van der Waals surface area contributed by atoms with Crippen molar-refractivity contribution in [3.63, 3.8) is 0 Å². The lowest BCUT2D eigenvalue weighted by Gasteiger charge is -2.09. The molecule has 6 nitrogen and oxygen atoms in total. The highest BCUT2D eigenvalue weighted by Crippen LogP contribution is 2.27. The number of amides is 1. The highest BCUT2D eigenvalue weighted by molar-refractivity contribution is 6.30. The molecule has 0 aliphatic heterocycles. The van der Waals surface area contributed by atoms with Gasteiger partial charge in [0.25, 0.3) is 5.91 Å². The number of rotatable bonds is 5. The van der Waals surface area contributed by atoms with Crippen molar-refractivity contribution in [1.82, 2.24) is 14.8 Å². The van der Waals surface area contributed by atoms with Crippen molar-refractivity contribution in [2.24, 2.45) is 0 Å². The van der Waals surface area contributed by atoms with Gasteiger partial charge in [0.05, 0.1) is 11.4 Å². The van der Waals surface area contributed by atoms with Crippen LogP contribution in [-0.2, 0) is 4.79 Å². The number of pyridine rings is 1. The summed E-state index contributed by atoms with van der Waals surface area (Å²) in [4.78, 5) is 16.7. The van der Waals surface area contributed by atoms with Crippen LogP contribution in [0.4, 0.5) is 10.1 Å². The lowest BCUT2D eigenvalue weighted by Crippen LogP contribution is -2.20. The lowest BCUT2D eigenvalue weighted by molar-refractivity contribution is -0.118. The number of ether oxygens (including phenoxy) is 1. The van der Waals surface area contributed by atoms with E-state index in [0.717, 1.165) is 16.6 Å². The van der Waals surface area contributed by atoms with E-state index >= 15 is 0 Å². The standard InChI is InChI=1S/C22H18ClFN4O2/c1-13-9-20(30-12-19(29)25-17-7-3-5-15(23)10-17)26-22-21(13)14(2)27-28(22)18-8-4-6-16(24)11-18/h3-11H,12H2,1-2H3,(H,25,29). The molecule has 0 aliphatic rings. The van der Waals surface area contributed by atoms with Crippen molar-refractivity contribution in [2.45, 2.75) is 13.8 Å². The van der Waals surface area contributed by atoms with Crippen molar-refractivity contribution in [2.75, 3.05) is 11.9 Å². The number of anilines is 1. The monoisotopic (exact) mass is 424 g/mol. The van der Waals surface area contributed by atoms with Gasteiger partial charge in [-0.25, -0.2) is 9.07 Å². The summed E-state index contributed by atoms with van der Waals surface area (Å²) in [7, 11) is 0.